The van der Waals surface area contributed by atoms with Gasteiger partial charge in [0.05, 0.1) is 12.1 Å². The lowest BCUT2D eigenvalue weighted by atomic mass is 10.1. The molecule has 1 amide bonds. The van der Waals surface area contributed by atoms with E-state index in [0.29, 0.717) is 10.6 Å². The van der Waals surface area contributed by atoms with Crippen LogP contribution in [0.2, 0.25) is 5.02 Å². The number of esters is 1. The first kappa shape index (κ1) is 17.2. The van der Waals surface area contributed by atoms with Crippen molar-refractivity contribution in [1.29, 1.82) is 0 Å². The molecule has 1 atom stereocenters. The van der Waals surface area contributed by atoms with Crippen LogP contribution in [0.4, 0.5) is 4.79 Å². The van der Waals surface area contributed by atoms with E-state index in [0.717, 1.165) is 0 Å². The van der Waals surface area contributed by atoms with E-state index < -0.39 is 23.7 Å². The van der Waals surface area contributed by atoms with Gasteiger partial charge < -0.3 is 14.8 Å². The van der Waals surface area contributed by atoms with Gasteiger partial charge in [0, 0.05) is 18.8 Å². The number of hydrogen-bond donors (Lipinski definition) is 1. The zero-order valence-corrected chi connectivity index (χ0v) is 13.2. The fourth-order valence-corrected chi connectivity index (χ4v) is 1.77. The lowest BCUT2D eigenvalue weighted by Gasteiger charge is -2.22. The molecule has 0 saturated heterocycles. The van der Waals surface area contributed by atoms with Gasteiger partial charge >= 0.3 is 12.1 Å². The molecular formula is C14H19ClN2O4. The van der Waals surface area contributed by atoms with Crippen LogP contribution in [0.5, 0.6) is 0 Å². The molecule has 0 aromatic carbocycles. The first-order valence-corrected chi connectivity index (χ1v) is 6.76. The number of carbonyl (C=O) groups is 2. The smallest absolute Gasteiger partial charge is 0.408 e. The Labute approximate surface area is 128 Å². The molecule has 1 aromatic rings. The third-order valence-electron chi connectivity index (χ3n) is 2.46. The van der Waals surface area contributed by atoms with Crippen molar-refractivity contribution in [2.24, 2.45) is 0 Å². The number of aromatic nitrogens is 1. The van der Waals surface area contributed by atoms with Crippen LogP contribution in [0.25, 0.3) is 0 Å². The number of methoxy groups -OCH3 is 1. The molecule has 1 N–H and O–H groups in total. The Morgan fingerprint density at radius 3 is 2.62 bits per heavy atom. The number of halogens is 1. The molecule has 0 aliphatic heterocycles. The summed E-state index contributed by atoms with van der Waals surface area (Å²) in [5.74, 6) is -0.575. The molecule has 6 nitrogen and oxygen atoms in total. The van der Waals surface area contributed by atoms with Gasteiger partial charge in [0.25, 0.3) is 0 Å². The Hall–Kier alpha value is -1.82. The van der Waals surface area contributed by atoms with Crippen molar-refractivity contribution in [3.63, 3.8) is 0 Å². The largest absolute Gasteiger partial charge is 0.467 e. The highest BCUT2D eigenvalue weighted by Crippen LogP contribution is 2.16. The van der Waals surface area contributed by atoms with Gasteiger partial charge in [-0.15, -0.1) is 0 Å². The second-order valence-electron chi connectivity index (χ2n) is 5.39. The highest BCUT2D eigenvalue weighted by Gasteiger charge is 2.25. The summed E-state index contributed by atoms with van der Waals surface area (Å²) in [5.41, 5.74) is 0.0251. The molecule has 0 radical (unpaired) electrons. The molecule has 1 heterocycles. The number of alkyl carbamates (subject to hydrolysis) is 1. The monoisotopic (exact) mass is 314 g/mol. The van der Waals surface area contributed by atoms with E-state index >= 15 is 0 Å². The summed E-state index contributed by atoms with van der Waals surface area (Å²) < 4.78 is 9.82. The summed E-state index contributed by atoms with van der Waals surface area (Å²) in [7, 11) is 1.25. The van der Waals surface area contributed by atoms with E-state index in [4.69, 9.17) is 16.3 Å². The first-order valence-electron chi connectivity index (χ1n) is 6.38. The zero-order chi connectivity index (χ0) is 16.0. The topological polar surface area (TPSA) is 77.5 Å². The van der Waals surface area contributed by atoms with Crippen molar-refractivity contribution >= 4 is 23.7 Å². The molecule has 1 aromatic heterocycles. The van der Waals surface area contributed by atoms with Crippen LogP contribution < -0.4 is 5.32 Å². The molecule has 1 rings (SSSR count). The van der Waals surface area contributed by atoms with Crippen LogP contribution in [0, 0.1) is 0 Å². The van der Waals surface area contributed by atoms with Gasteiger partial charge in [-0.25, -0.2) is 9.59 Å². The lowest BCUT2D eigenvalue weighted by Crippen LogP contribution is -2.45. The Balaban J connectivity index is 2.80. The summed E-state index contributed by atoms with van der Waals surface area (Å²) in [6.45, 7) is 5.21. The van der Waals surface area contributed by atoms with E-state index in [1.807, 2.05) is 0 Å². The molecule has 21 heavy (non-hydrogen) atoms. The minimum atomic E-state index is -0.884. The van der Waals surface area contributed by atoms with Crippen LogP contribution in [-0.2, 0) is 20.7 Å². The number of nitrogens with one attached hydrogen (secondary N) is 1. The maximum atomic E-state index is 11.8. The van der Waals surface area contributed by atoms with Crippen LogP contribution in [0.3, 0.4) is 0 Å². The summed E-state index contributed by atoms with van der Waals surface area (Å²) in [6, 6.07) is 0.791. The van der Waals surface area contributed by atoms with Gasteiger partial charge in [0.2, 0.25) is 0 Å². The SMILES string of the molecule is COC(=O)[C@@H](Cc1ccncc1Cl)NC(=O)OC(C)(C)C. The molecule has 7 heteroatoms. The van der Waals surface area contributed by atoms with Crippen LogP contribution in [0.15, 0.2) is 18.5 Å². The van der Waals surface area contributed by atoms with E-state index in [1.54, 1.807) is 33.0 Å². The highest BCUT2D eigenvalue weighted by atomic mass is 35.5. The number of pyridine rings is 1. The lowest BCUT2D eigenvalue weighted by molar-refractivity contribution is -0.143. The van der Waals surface area contributed by atoms with Crippen molar-refractivity contribution in [2.45, 2.75) is 38.8 Å². The van der Waals surface area contributed by atoms with Gasteiger partial charge in [0.15, 0.2) is 0 Å². The number of amides is 1. The van der Waals surface area contributed by atoms with Crippen LogP contribution in [-0.4, -0.2) is 35.8 Å². The number of hydrogen-bond acceptors (Lipinski definition) is 5. The zero-order valence-electron chi connectivity index (χ0n) is 12.5. The highest BCUT2D eigenvalue weighted by molar-refractivity contribution is 6.31. The van der Waals surface area contributed by atoms with E-state index in [1.165, 1.54) is 13.3 Å². The van der Waals surface area contributed by atoms with Crippen LogP contribution >= 0.6 is 11.6 Å². The number of ether oxygens (including phenoxy) is 2. The van der Waals surface area contributed by atoms with Crippen LogP contribution in [0.1, 0.15) is 26.3 Å². The minimum Gasteiger partial charge on any atom is -0.467 e. The second kappa shape index (κ2) is 7.26. The quantitative estimate of drug-likeness (QED) is 0.863. The van der Waals surface area contributed by atoms with Gasteiger partial charge in [0.1, 0.15) is 11.6 Å². The third-order valence-corrected chi connectivity index (χ3v) is 2.80. The summed E-state index contributed by atoms with van der Waals surface area (Å²) >= 11 is 6.00. The summed E-state index contributed by atoms with van der Waals surface area (Å²) in [4.78, 5) is 27.4. The molecule has 0 aliphatic carbocycles. The maximum absolute atomic E-state index is 11.8. The van der Waals surface area contributed by atoms with Gasteiger partial charge in [-0.2, -0.15) is 0 Å². The Bertz CT molecular complexity index is 514. The molecule has 0 saturated carbocycles. The average Bonchev–Trinajstić information content (AvgIpc) is 2.37. The van der Waals surface area contributed by atoms with Gasteiger partial charge in [-0.3, -0.25) is 4.98 Å². The standard InChI is InChI=1S/C14H19ClN2O4/c1-14(2,3)21-13(19)17-11(12(18)20-4)7-9-5-6-16-8-10(9)15/h5-6,8,11H,7H2,1-4H3,(H,17,19)/t11-/m1/s1. The minimum absolute atomic E-state index is 0.188. The number of carbonyl (C=O) groups excluding carboxylic acids is 2. The normalized spacial score (nSPS) is 12.4. The predicted octanol–water partition coefficient (Wildman–Crippen LogP) is 2.34. The van der Waals surface area contributed by atoms with Crippen molar-refractivity contribution < 1.29 is 19.1 Å². The van der Waals surface area contributed by atoms with E-state index in [-0.39, 0.29) is 6.42 Å². The van der Waals surface area contributed by atoms with E-state index in [2.05, 4.69) is 15.0 Å². The molecule has 0 spiro atoms. The molecule has 0 unspecified atom stereocenters. The van der Waals surface area contributed by atoms with Crippen molar-refractivity contribution in [1.82, 2.24) is 10.3 Å². The predicted molar refractivity (Wildman–Crippen MR) is 78.1 cm³/mol. The molecule has 0 aliphatic rings. The molecule has 0 bridgehead atoms. The summed E-state index contributed by atoms with van der Waals surface area (Å²) in [6.07, 6.45) is 2.53. The molecule has 116 valence electrons. The second-order valence-corrected chi connectivity index (χ2v) is 5.80. The fourth-order valence-electron chi connectivity index (χ4n) is 1.57. The Morgan fingerprint density at radius 1 is 1.43 bits per heavy atom. The number of rotatable bonds is 4. The molecule has 0 fully saturated rings. The fraction of sp³-hybridized carbons (Fsp3) is 0.500. The maximum Gasteiger partial charge on any atom is 0.408 e. The molecular weight excluding hydrogens is 296 g/mol. The first-order chi connectivity index (χ1) is 9.73. The van der Waals surface area contributed by atoms with Crippen molar-refractivity contribution in [2.75, 3.05) is 7.11 Å². The van der Waals surface area contributed by atoms with Gasteiger partial charge in [-0.1, -0.05) is 11.6 Å². The third kappa shape index (κ3) is 5.99. The Kier molecular flexibility index (Phi) is 5.96. The Morgan fingerprint density at radius 2 is 2.10 bits per heavy atom. The van der Waals surface area contributed by atoms with Crippen molar-refractivity contribution in [3.8, 4) is 0 Å². The summed E-state index contributed by atoms with van der Waals surface area (Å²) in [5, 5.41) is 2.90. The van der Waals surface area contributed by atoms with E-state index in [9.17, 15) is 9.59 Å². The van der Waals surface area contributed by atoms with Crippen molar-refractivity contribution in [3.05, 3.63) is 29.0 Å². The number of nitrogens with zero attached hydrogens (tertiary/aromatic N) is 1. The van der Waals surface area contributed by atoms with Gasteiger partial charge in [-0.05, 0) is 32.4 Å². The average molecular weight is 315 g/mol.